The molecule has 10 atom stereocenters. The first-order valence-corrected chi connectivity index (χ1v) is 16.1. The lowest BCUT2D eigenvalue weighted by Gasteiger charge is -2.70. The first-order chi connectivity index (χ1) is 17.5. The van der Waals surface area contributed by atoms with E-state index in [0.717, 1.165) is 30.1 Å². The molecule has 6 aliphatic rings. The Balaban J connectivity index is 0.00000137. The minimum Gasteiger partial charge on any atom is -0.261 e. The molecule has 37 heavy (non-hydrogen) atoms. The van der Waals surface area contributed by atoms with E-state index < -0.39 is 0 Å². The van der Waals surface area contributed by atoms with Gasteiger partial charge >= 0.3 is 0 Å². The summed E-state index contributed by atoms with van der Waals surface area (Å²) in [6.07, 6.45) is 18.3. The molecule has 0 aromatic heterocycles. The highest BCUT2D eigenvalue weighted by atomic mass is 14.8. The lowest BCUT2D eigenvalue weighted by molar-refractivity contribution is -0.142. The molecule has 6 rings (SSSR count). The fourth-order valence-electron chi connectivity index (χ4n) is 11.1. The molecule has 0 radical (unpaired) electrons. The molecule has 1 heterocycles. The van der Waals surface area contributed by atoms with Gasteiger partial charge in [-0.15, -0.1) is 0 Å². The maximum absolute atomic E-state index is 5.01. The largest absolute Gasteiger partial charge is 0.261 e. The molecule has 0 aromatic rings. The van der Waals surface area contributed by atoms with Gasteiger partial charge in [-0.1, -0.05) is 80.5 Å². The highest BCUT2D eigenvalue weighted by molar-refractivity contribution is 5.63. The van der Waals surface area contributed by atoms with E-state index in [0.29, 0.717) is 33.5 Å². The predicted molar refractivity (Wildman–Crippen MR) is 161 cm³/mol. The van der Waals surface area contributed by atoms with E-state index >= 15 is 0 Å². The van der Waals surface area contributed by atoms with Crippen LogP contribution in [0.2, 0.25) is 0 Å². The fourth-order valence-corrected chi connectivity index (χ4v) is 11.1. The zero-order valence-corrected chi connectivity index (χ0v) is 25.8. The van der Waals surface area contributed by atoms with E-state index in [-0.39, 0.29) is 0 Å². The zero-order valence-electron chi connectivity index (χ0n) is 25.8. The molecule has 0 amide bonds. The van der Waals surface area contributed by atoms with Gasteiger partial charge in [0.05, 0.1) is 5.70 Å². The van der Waals surface area contributed by atoms with Gasteiger partial charge in [0, 0.05) is 6.21 Å². The Hall–Kier alpha value is -1.11. The number of hydrogen-bond acceptors (Lipinski definition) is 1. The Morgan fingerprint density at radius 3 is 2.38 bits per heavy atom. The zero-order chi connectivity index (χ0) is 27.0. The number of allylic oxidation sites excluding steroid dienone is 4. The maximum atomic E-state index is 5.01. The van der Waals surface area contributed by atoms with Crippen molar-refractivity contribution in [1.29, 1.82) is 0 Å². The standard InChI is InChI=1S/C34H51N.C2H6/c1-21-13-15-31(5)17-18-33(7)27(29(31)23(21)3)11-12-28-32(6)20-25-22(2)10-9-19-35-30(25)24(4)26(32)14-16-34(28,33)8;1-2/h11,19,21-23,26,28-29H,4,9-10,12-18,20H2,1-3,5-8H3;1-2H3/t21-,22?,23+,26+,28-,29?,31-,32+,33-,34-;/m1./s1. The first-order valence-electron chi connectivity index (χ1n) is 16.1. The quantitative estimate of drug-likeness (QED) is 0.291. The van der Waals surface area contributed by atoms with Crippen LogP contribution in [0.4, 0.5) is 0 Å². The van der Waals surface area contributed by atoms with Crippen molar-refractivity contribution in [2.24, 2.45) is 62.2 Å². The summed E-state index contributed by atoms with van der Waals surface area (Å²) in [6.45, 7) is 27.1. The third kappa shape index (κ3) is 3.64. The molecule has 1 aliphatic heterocycles. The fraction of sp³-hybridized carbons (Fsp3) is 0.806. The van der Waals surface area contributed by atoms with Crippen molar-refractivity contribution >= 4 is 6.21 Å². The number of aliphatic imine (C=N–C) groups is 1. The van der Waals surface area contributed by atoms with Crippen molar-refractivity contribution in [3.63, 3.8) is 0 Å². The van der Waals surface area contributed by atoms with Crippen LogP contribution in [-0.2, 0) is 0 Å². The maximum Gasteiger partial charge on any atom is 0.0649 e. The second kappa shape index (κ2) is 9.23. The summed E-state index contributed by atoms with van der Waals surface area (Å²) in [6, 6.07) is 0. The molecule has 206 valence electrons. The molecule has 0 aromatic carbocycles. The molecular formula is C36H57N. The lowest BCUT2D eigenvalue weighted by atomic mass is 9.34. The first kappa shape index (κ1) is 27.5. The smallest absolute Gasteiger partial charge is 0.0649 e. The van der Waals surface area contributed by atoms with E-state index in [1.165, 1.54) is 69.1 Å². The van der Waals surface area contributed by atoms with Gasteiger partial charge in [-0.3, -0.25) is 4.99 Å². The molecule has 2 unspecified atom stereocenters. The second-order valence-corrected chi connectivity index (χ2v) is 15.2. The molecule has 3 fully saturated rings. The Kier molecular flexibility index (Phi) is 6.85. The Labute approximate surface area is 229 Å². The van der Waals surface area contributed by atoms with Crippen LogP contribution < -0.4 is 0 Å². The Morgan fingerprint density at radius 2 is 1.65 bits per heavy atom. The molecule has 1 heteroatoms. The van der Waals surface area contributed by atoms with E-state index in [2.05, 4.69) is 60.8 Å². The summed E-state index contributed by atoms with van der Waals surface area (Å²) in [5.74, 6) is 4.45. The highest BCUT2D eigenvalue weighted by Gasteiger charge is 2.66. The summed E-state index contributed by atoms with van der Waals surface area (Å²) < 4.78 is 0. The molecule has 0 spiro atoms. The van der Waals surface area contributed by atoms with Crippen LogP contribution in [0.25, 0.3) is 0 Å². The SMILES string of the molecule is C=C1C2=C(C[C@]3(C)[C@H]4CC=C5C6[C@@H](C)[C@H](C)CC[C@]6(C)CC[C@@]5(C)[C@]4(C)CC[C@@H]13)C(C)CCC=N2.CC. The number of rotatable bonds is 0. The van der Waals surface area contributed by atoms with Gasteiger partial charge in [0.2, 0.25) is 0 Å². The predicted octanol–water partition coefficient (Wildman–Crippen LogP) is 10.6. The molecular weight excluding hydrogens is 446 g/mol. The van der Waals surface area contributed by atoms with Gasteiger partial charge < -0.3 is 0 Å². The van der Waals surface area contributed by atoms with Gasteiger partial charge in [0.15, 0.2) is 0 Å². The van der Waals surface area contributed by atoms with Crippen molar-refractivity contribution in [1.82, 2.24) is 0 Å². The topological polar surface area (TPSA) is 12.4 Å². The summed E-state index contributed by atoms with van der Waals surface area (Å²) in [5, 5.41) is 0. The van der Waals surface area contributed by atoms with Gasteiger partial charge in [-0.05, 0) is 133 Å². The third-order valence-electron chi connectivity index (χ3n) is 13.8. The summed E-state index contributed by atoms with van der Waals surface area (Å²) in [5.41, 5.74) is 7.79. The molecule has 3 saturated carbocycles. The second-order valence-electron chi connectivity index (χ2n) is 15.2. The van der Waals surface area contributed by atoms with E-state index in [1.54, 1.807) is 5.57 Å². The van der Waals surface area contributed by atoms with Crippen LogP contribution in [-0.4, -0.2) is 6.21 Å². The van der Waals surface area contributed by atoms with Crippen LogP contribution in [0.5, 0.6) is 0 Å². The van der Waals surface area contributed by atoms with E-state index in [9.17, 15) is 0 Å². The van der Waals surface area contributed by atoms with Crippen LogP contribution in [0.15, 0.2) is 40.1 Å². The summed E-state index contributed by atoms with van der Waals surface area (Å²) in [4.78, 5) is 5.01. The Morgan fingerprint density at radius 1 is 0.919 bits per heavy atom. The van der Waals surface area contributed by atoms with Gasteiger partial charge in [0.25, 0.3) is 0 Å². The van der Waals surface area contributed by atoms with Gasteiger partial charge in [-0.25, -0.2) is 0 Å². The Bertz CT molecular complexity index is 1030. The van der Waals surface area contributed by atoms with Crippen molar-refractivity contribution in [3.05, 3.63) is 35.1 Å². The molecule has 0 bridgehead atoms. The van der Waals surface area contributed by atoms with Crippen molar-refractivity contribution in [3.8, 4) is 0 Å². The van der Waals surface area contributed by atoms with Crippen LogP contribution in [0.3, 0.4) is 0 Å². The van der Waals surface area contributed by atoms with E-state index in [1.807, 2.05) is 19.4 Å². The third-order valence-corrected chi connectivity index (χ3v) is 13.8. The minimum absolute atomic E-state index is 0.314. The number of fused-ring (bicyclic) bond motifs is 7. The van der Waals surface area contributed by atoms with Crippen LogP contribution >= 0.6 is 0 Å². The number of hydrogen-bond donors (Lipinski definition) is 0. The summed E-state index contributed by atoms with van der Waals surface area (Å²) >= 11 is 0. The molecule has 0 saturated heterocycles. The summed E-state index contributed by atoms with van der Waals surface area (Å²) in [7, 11) is 0. The van der Waals surface area contributed by atoms with Crippen LogP contribution in [0, 0.1) is 57.2 Å². The van der Waals surface area contributed by atoms with Crippen molar-refractivity contribution in [2.45, 2.75) is 127 Å². The number of nitrogens with zero attached hydrogens (tertiary/aromatic N) is 1. The van der Waals surface area contributed by atoms with Gasteiger partial charge in [-0.2, -0.15) is 0 Å². The normalized spacial score (nSPS) is 50.7. The average molecular weight is 504 g/mol. The van der Waals surface area contributed by atoms with Gasteiger partial charge in [0.1, 0.15) is 0 Å². The van der Waals surface area contributed by atoms with Crippen molar-refractivity contribution < 1.29 is 0 Å². The highest BCUT2D eigenvalue weighted by Crippen LogP contribution is 2.75. The van der Waals surface area contributed by atoms with Crippen LogP contribution in [0.1, 0.15) is 127 Å². The van der Waals surface area contributed by atoms with E-state index in [4.69, 9.17) is 11.6 Å². The minimum atomic E-state index is 0.314. The lowest BCUT2D eigenvalue weighted by Crippen LogP contribution is -2.62. The monoisotopic (exact) mass is 503 g/mol. The average Bonchev–Trinajstić information content (AvgIpc) is 3.05. The molecule has 5 aliphatic carbocycles. The van der Waals surface area contributed by atoms with Crippen molar-refractivity contribution in [2.75, 3.05) is 0 Å². The molecule has 1 nitrogen and oxygen atoms in total. The molecule has 0 N–H and O–H groups in total.